The fourth-order valence-electron chi connectivity index (χ4n) is 2.72. The van der Waals surface area contributed by atoms with Gasteiger partial charge in [0.1, 0.15) is 12.4 Å². The normalized spacial score (nSPS) is 17.9. The molecule has 0 aliphatic carbocycles. The first-order valence-corrected chi connectivity index (χ1v) is 8.05. The van der Waals surface area contributed by atoms with Crippen molar-refractivity contribution in [2.75, 3.05) is 46.4 Å². The van der Waals surface area contributed by atoms with Crippen molar-refractivity contribution >= 4 is 0 Å². The lowest BCUT2D eigenvalue weighted by Gasteiger charge is -2.32. The Morgan fingerprint density at radius 2 is 1.81 bits per heavy atom. The third-order valence-corrected chi connectivity index (χ3v) is 3.91. The molecule has 1 aromatic rings. The molecule has 0 spiro atoms. The molecule has 0 radical (unpaired) electrons. The van der Waals surface area contributed by atoms with Crippen LogP contribution in [0, 0.1) is 5.41 Å². The number of nitrogens with zero attached hydrogens (tertiary/aromatic N) is 2. The van der Waals surface area contributed by atoms with Crippen molar-refractivity contribution in [3.63, 3.8) is 0 Å². The molecule has 0 atom stereocenters. The Morgan fingerprint density at radius 1 is 1.10 bits per heavy atom. The first-order valence-electron chi connectivity index (χ1n) is 8.05. The predicted octanol–water partition coefficient (Wildman–Crippen LogP) is 2.90. The molecule has 1 aromatic carbocycles. The molecular weight excluding hydrogens is 260 g/mol. The molecule has 0 saturated carbocycles. The molecule has 2 rings (SSSR count). The highest BCUT2D eigenvalue weighted by atomic mass is 16.5. The minimum Gasteiger partial charge on any atom is -0.492 e. The van der Waals surface area contributed by atoms with E-state index in [0.29, 0.717) is 5.41 Å². The van der Waals surface area contributed by atoms with E-state index in [4.69, 9.17) is 4.74 Å². The van der Waals surface area contributed by atoms with Crippen LogP contribution in [0.4, 0.5) is 0 Å². The fourth-order valence-corrected chi connectivity index (χ4v) is 2.72. The molecule has 118 valence electrons. The average Bonchev–Trinajstić information content (AvgIpc) is 2.39. The highest BCUT2D eigenvalue weighted by Crippen LogP contribution is 2.23. The van der Waals surface area contributed by atoms with Gasteiger partial charge < -0.3 is 9.64 Å². The monoisotopic (exact) mass is 290 g/mol. The van der Waals surface area contributed by atoms with E-state index in [1.54, 1.807) is 0 Å². The Hall–Kier alpha value is -1.06. The van der Waals surface area contributed by atoms with E-state index in [-0.39, 0.29) is 0 Å². The second kappa shape index (κ2) is 7.28. The van der Waals surface area contributed by atoms with Gasteiger partial charge in [-0.2, -0.15) is 0 Å². The summed E-state index contributed by atoms with van der Waals surface area (Å²) >= 11 is 0. The number of rotatable bonds is 5. The number of hydrogen-bond donors (Lipinski definition) is 0. The second-order valence-electron chi connectivity index (χ2n) is 7.38. The Balaban J connectivity index is 1.77. The quantitative estimate of drug-likeness (QED) is 0.829. The summed E-state index contributed by atoms with van der Waals surface area (Å²) in [6.07, 6.45) is 1.09. The topological polar surface area (TPSA) is 15.7 Å². The van der Waals surface area contributed by atoms with Gasteiger partial charge >= 0.3 is 0 Å². The van der Waals surface area contributed by atoms with Crippen molar-refractivity contribution in [1.82, 2.24) is 9.80 Å². The lowest BCUT2D eigenvalue weighted by molar-refractivity contribution is 0.133. The minimum absolute atomic E-state index is 0.318. The van der Waals surface area contributed by atoms with Gasteiger partial charge in [0.25, 0.3) is 0 Å². The van der Waals surface area contributed by atoms with Gasteiger partial charge in [0, 0.05) is 32.7 Å². The van der Waals surface area contributed by atoms with Gasteiger partial charge in [-0.1, -0.05) is 32.9 Å². The zero-order valence-corrected chi connectivity index (χ0v) is 14.1. The molecule has 1 aliphatic rings. The van der Waals surface area contributed by atoms with E-state index < -0.39 is 0 Å². The molecule has 1 heterocycles. The van der Waals surface area contributed by atoms with Crippen molar-refractivity contribution < 1.29 is 4.74 Å². The van der Waals surface area contributed by atoms with Crippen LogP contribution in [-0.4, -0.2) is 56.2 Å². The third-order valence-electron chi connectivity index (χ3n) is 3.91. The molecule has 0 aromatic heterocycles. The van der Waals surface area contributed by atoms with Crippen molar-refractivity contribution in [2.24, 2.45) is 5.41 Å². The number of ether oxygens (including phenoxy) is 1. The van der Waals surface area contributed by atoms with Crippen molar-refractivity contribution in [3.8, 4) is 5.75 Å². The van der Waals surface area contributed by atoms with Crippen LogP contribution < -0.4 is 4.74 Å². The third kappa shape index (κ3) is 6.06. The van der Waals surface area contributed by atoms with Crippen LogP contribution in [0.5, 0.6) is 5.75 Å². The highest BCUT2D eigenvalue weighted by Gasteiger charge is 2.14. The van der Waals surface area contributed by atoms with Crippen LogP contribution in [-0.2, 0) is 6.42 Å². The van der Waals surface area contributed by atoms with E-state index in [0.717, 1.165) is 38.4 Å². The molecule has 1 fully saturated rings. The fraction of sp³-hybridized carbons (Fsp3) is 0.667. The summed E-state index contributed by atoms with van der Waals surface area (Å²) in [7, 11) is 2.19. The van der Waals surface area contributed by atoms with Crippen LogP contribution in [0.1, 0.15) is 26.3 Å². The van der Waals surface area contributed by atoms with Crippen molar-refractivity contribution in [2.45, 2.75) is 27.2 Å². The molecular formula is C18H30N2O. The summed E-state index contributed by atoms with van der Waals surface area (Å²) in [5.41, 5.74) is 1.68. The summed E-state index contributed by atoms with van der Waals surface area (Å²) in [5.74, 6) is 1.01. The van der Waals surface area contributed by atoms with Crippen LogP contribution in [0.3, 0.4) is 0 Å². The number of likely N-dealkylation sites (N-methyl/N-ethyl adjacent to an activating group) is 1. The summed E-state index contributed by atoms with van der Waals surface area (Å²) in [4.78, 5) is 4.87. The molecule has 1 aliphatic heterocycles. The van der Waals surface area contributed by atoms with Crippen LogP contribution in [0.25, 0.3) is 0 Å². The lowest BCUT2D eigenvalue weighted by Crippen LogP contribution is -2.45. The first-order chi connectivity index (χ1) is 9.92. The maximum absolute atomic E-state index is 5.94. The zero-order chi connectivity index (χ0) is 15.3. The van der Waals surface area contributed by atoms with E-state index >= 15 is 0 Å². The molecule has 0 unspecified atom stereocenters. The summed E-state index contributed by atoms with van der Waals surface area (Å²) in [6.45, 7) is 13.3. The first kappa shape index (κ1) is 16.3. The Labute approximate surface area is 129 Å². The number of piperazine rings is 1. The van der Waals surface area contributed by atoms with Gasteiger partial charge in [0.05, 0.1) is 0 Å². The Morgan fingerprint density at radius 3 is 2.48 bits per heavy atom. The molecule has 1 saturated heterocycles. The molecule has 3 nitrogen and oxygen atoms in total. The van der Waals surface area contributed by atoms with Gasteiger partial charge in [-0.05, 0) is 36.6 Å². The van der Waals surface area contributed by atoms with E-state index in [2.05, 4.69) is 61.9 Å². The standard InChI is InChI=1S/C18H30N2O/c1-18(2,3)15-16-6-5-7-17(14-16)21-13-12-20-10-8-19(4)9-11-20/h5-7,14H,8-13,15H2,1-4H3. The molecule has 0 amide bonds. The zero-order valence-electron chi connectivity index (χ0n) is 14.1. The molecule has 0 bridgehead atoms. The smallest absolute Gasteiger partial charge is 0.119 e. The van der Waals surface area contributed by atoms with Gasteiger partial charge in [0.2, 0.25) is 0 Å². The maximum Gasteiger partial charge on any atom is 0.119 e. The van der Waals surface area contributed by atoms with Crippen LogP contribution >= 0.6 is 0 Å². The van der Waals surface area contributed by atoms with Crippen LogP contribution in [0.2, 0.25) is 0 Å². The van der Waals surface area contributed by atoms with Gasteiger partial charge in [-0.15, -0.1) is 0 Å². The van der Waals surface area contributed by atoms with Gasteiger partial charge in [0.15, 0.2) is 0 Å². The Kier molecular flexibility index (Phi) is 5.65. The van der Waals surface area contributed by atoms with Crippen molar-refractivity contribution in [3.05, 3.63) is 29.8 Å². The molecule has 0 N–H and O–H groups in total. The largest absolute Gasteiger partial charge is 0.492 e. The Bertz CT molecular complexity index is 431. The average molecular weight is 290 g/mol. The summed E-state index contributed by atoms with van der Waals surface area (Å²) in [5, 5.41) is 0. The number of hydrogen-bond acceptors (Lipinski definition) is 3. The van der Waals surface area contributed by atoms with E-state index in [9.17, 15) is 0 Å². The lowest BCUT2D eigenvalue weighted by atomic mass is 9.88. The summed E-state index contributed by atoms with van der Waals surface area (Å²) < 4.78 is 5.94. The maximum atomic E-state index is 5.94. The van der Waals surface area contributed by atoms with E-state index in [1.165, 1.54) is 18.7 Å². The van der Waals surface area contributed by atoms with Gasteiger partial charge in [-0.25, -0.2) is 0 Å². The molecule has 21 heavy (non-hydrogen) atoms. The van der Waals surface area contributed by atoms with Gasteiger partial charge in [-0.3, -0.25) is 4.90 Å². The highest BCUT2D eigenvalue weighted by molar-refractivity contribution is 5.29. The predicted molar refractivity (Wildman–Crippen MR) is 89.0 cm³/mol. The second-order valence-corrected chi connectivity index (χ2v) is 7.38. The van der Waals surface area contributed by atoms with Crippen LogP contribution in [0.15, 0.2) is 24.3 Å². The number of benzene rings is 1. The summed E-state index contributed by atoms with van der Waals surface area (Å²) in [6, 6.07) is 8.55. The molecule has 3 heteroatoms. The van der Waals surface area contributed by atoms with E-state index in [1.807, 2.05) is 0 Å². The van der Waals surface area contributed by atoms with Crippen molar-refractivity contribution in [1.29, 1.82) is 0 Å². The SMILES string of the molecule is CN1CCN(CCOc2cccc(CC(C)(C)C)c2)CC1. The minimum atomic E-state index is 0.318.